The Morgan fingerprint density at radius 1 is 1.50 bits per heavy atom. The van der Waals surface area contributed by atoms with Crippen molar-refractivity contribution in [3.05, 3.63) is 24.5 Å². The second-order valence-corrected chi connectivity index (χ2v) is 5.12. The summed E-state index contributed by atoms with van der Waals surface area (Å²) in [5.41, 5.74) is 0.811. The largest absolute Gasteiger partial charge is 0.375 e. The van der Waals surface area contributed by atoms with Crippen molar-refractivity contribution in [1.29, 1.82) is 0 Å². The van der Waals surface area contributed by atoms with Crippen molar-refractivity contribution < 1.29 is 14.3 Å². The number of aromatic nitrogens is 1. The molecule has 0 unspecified atom stereocenters. The summed E-state index contributed by atoms with van der Waals surface area (Å²) in [6, 6.07) is 3.73. The molecule has 2 fully saturated rings. The number of carbonyl (C=O) groups excluding carboxylic acids is 2. The maximum atomic E-state index is 12.2. The van der Waals surface area contributed by atoms with Crippen LogP contribution in [0.3, 0.4) is 0 Å². The highest BCUT2D eigenvalue weighted by Crippen LogP contribution is 2.35. The van der Waals surface area contributed by atoms with Gasteiger partial charge in [0, 0.05) is 26.3 Å². The van der Waals surface area contributed by atoms with Gasteiger partial charge in [-0.25, -0.2) is 0 Å². The molecule has 0 N–H and O–H groups in total. The number of amides is 2. The van der Waals surface area contributed by atoms with E-state index in [4.69, 9.17) is 4.74 Å². The Labute approximate surface area is 117 Å². The van der Waals surface area contributed by atoms with Crippen LogP contribution in [0.4, 0.5) is 5.69 Å². The van der Waals surface area contributed by atoms with E-state index >= 15 is 0 Å². The summed E-state index contributed by atoms with van der Waals surface area (Å²) < 4.78 is 4.90. The van der Waals surface area contributed by atoms with E-state index in [1.165, 1.54) is 7.11 Å². The van der Waals surface area contributed by atoms with Crippen molar-refractivity contribution >= 4 is 17.5 Å². The third kappa shape index (κ3) is 2.06. The normalized spacial score (nSPS) is 25.1. The van der Waals surface area contributed by atoms with Crippen molar-refractivity contribution in [2.24, 2.45) is 0 Å². The molecule has 20 heavy (non-hydrogen) atoms. The van der Waals surface area contributed by atoms with E-state index in [2.05, 4.69) is 4.98 Å². The summed E-state index contributed by atoms with van der Waals surface area (Å²) >= 11 is 0. The van der Waals surface area contributed by atoms with Crippen LogP contribution >= 0.6 is 0 Å². The number of ether oxygens (including phenoxy) is 1. The highest BCUT2D eigenvalue weighted by molar-refractivity contribution is 5.98. The van der Waals surface area contributed by atoms with Gasteiger partial charge in [-0.1, -0.05) is 0 Å². The van der Waals surface area contributed by atoms with Crippen molar-refractivity contribution in [2.45, 2.75) is 24.9 Å². The number of nitrogens with zero attached hydrogens (tertiary/aromatic N) is 3. The summed E-state index contributed by atoms with van der Waals surface area (Å²) in [7, 11) is 1.51. The zero-order chi connectivity index (χ0) is 14.1. The van der Waals surface area contributed by atoms with Crippen LogP contribution < -0.4 is 4.90 Å². The molecule has 106 valence electrons. The van der Waals surface area contributed by atoms with Gasteiger partial charge in [0.1, 0.15) is 6.61 Å². The molecular formula is C14H17N3O3. The molecule has 0 bridgehead atoms. The third-order valence-corrected chi connectivity index (χ3v) is 4.01. The van der Waals surface area contributed by atoms with Crippen LogP contribution in [0.25, 0.3) is 0 Å². The molecule has 3 rings (SSSR count). The molecule has 0 aliphatic carbocycles. The number of rotatable bonds is 3. The summed E-state index contributed by atoms with van der Waals surface area (Å²) in [4.78, 5) is 31.9. The Hall–Kier alpha value is -1.95. The first-order valence-electron chi connectivity index (χ1n) is 6.73. The van der Waals surface area contributed by atoms with Gasteiger partial charge in [-0.3, -0.25) is 14.6 Å². The molecule has 0 aromatic carbocycles. The lowest BCUT2D eigenvalue weighted by Gasteiger charge is -2.25. The average Bonchev–Trinajstić information content (AvgIpc) is 2.97. The van der Waals surface area contributed by atoms with Gasteiger partial charge < -0.3 is 14.5 Å². The first kappa shape index (κ1) is 13.1. The van der Waals surface area contributed by atoms with E-state index < -0.39 is 0 Å². The van der Waals surface area contributed by atoms with E-state index in [9.17, 15) is 9.59 Å². The number of fused-ring (bicyclic) bond motifs is 1. The summed E-state index contributed by atoms with van der Waals surface area (Å²) in [5.74, 6) is 0.0174. The maximum Gasteiger partial charge on any atom is 0.248 e. The Balaban J connectivity index is 1.82. The molecule has 0 saturated carbocycles. The van der Waals surface area contributed by atoms with E-state index in [1.807, 2.05) is 12.1 Å². The predicted molar refractivity (Wildman–Crippen MR) is 72.1 cm³/mol. The number of methoxy groups -OCH3 is 1. The van der Waals surface area contributed by atoms with Crippen LogP contribution in [0, 0.1) is 0 Å². The smallest absolute Gasteiger partial charge is 0.248 e. The van der Waals surface area contributed by atoms with Gasteiger partial charge in [0.15, 0.2) is 0 Å². The van der Waals surface area contributed by atoms with Gasteiger partial charge >= 0.3 is 0 Å². The fourth-order valence-electron chi connectivity index (χ4n) is 3.19. The second kappa shape index (κ2) is 5.20. The molecule has 2 aliphatic rings. The van der Waals surface area contributed by atoms with Gasteiger partial charge in [-0.15, -0.1) is 0 Å². The lowest BCUT2D eigenvalue weighted by atomic mass is 10.1. The van der Waals surface area contributed by atoms with Crippen molar-refractivity contribution in [1.82, 2.24) is 9.88 Å². The van der Waals surface area contributed by atoms with Gasteiger partial charge in [0.2, 0.25) is 11.8 Å². The zero-order valence-corrected chi connectivity index (χ0v) is 11.4. The molecule has 3 heterocycles. The fourth-order valence-corrected chi connectivity index (χ4v) is 3.19. The molecular weight excluding hydrogens is 258 g/mol. The van der Waals surface area contributed by atoms with Gasteiger partial charge in [0.05, 0.1) is 24.0 Å². The van der Waals surface area contributed by atoms with Crippen LogP contribution in [0.15, 0.2) is 24.5 Å². The summed E-state index contributed by atoms with van der Waals surface area (Å²) in [5, 5.41) is 0. The van der Waals surface area contributed by atoms with Crippen molar-refractivity contribution in [2.75, 3.05) is 25.2 Å². The topological polar surface area (TPSA) is 62.7 Å². The van der Waals surface area contributed by atoms with Gasteiger partial charge in [-0.2, -0.15) is 0 Å². The molecule has 2 aliphatic heterocycles. The minimum absolute atomic E-state index is 0.0367. The third-order valence-electron chi connectivity index (χ3n) is 4.01. The number of carbonyl (C=O) groups is 2. The number of hydrogen-bond acceptors (Lipinski definition) is 4. The highest BCUT2D eigenvalue weighted by Gasteiger charge is 2.48. The van der Waals surface area contributed by atoms with E-state index in [-0.39, 0.29) is 30.5 Å². The van der Waals surface area contributed by atoms with E-state index in [0.29, 0.717) is 13.0 Å². The second-order valence-electron chi connectivity index (χ2n) is 5.12. The molecule has 6 nitrogen and oxygen atoms in total. The quantitative estimate of drug-likeness (QED) is 0.802. The van der Waals surface area contributed by atoms with Crippen LogP contribution in [-0.2, 0) is 14.3 Å². The van der Waals surface area contributed by atoms with Crippen LogP contribution in [-0.4, -0.2) is 54.0 Å². The molecule has 0 radical (unpaired) electrons. The maximum absolute atomic E-state index is 12.2. The Morgan fingerprint density at radius 2 is 2.35 bits per heavy atom. The molecule has 2 amide bonds. The zero-order valence-electron chi connectivity index (χ0n) is 11.4. The average molecular weight is 275 g/mol. The van der Waals surface area contributed by atoms with Crippen molar-refractivity contribution in [3.8, 4) is 0 Å². The van der Waals surface area contributed by atoms with Crippen LogP contribution in [0.1, 0.15) is 12.8 Å². The first-order chi connectivity index (χ1) is 9.72. The summed E-state index contributed by atoms with van der Waals surface area (Å²) in [6.07, 6.45) is 4.57. The predicted octanol–water partition coefficient (Wildman–Crippen LogP) is 0.434. The van der Waals surface area contributed by atoms with Crippen LogP contribution in [0.2, 0.25) is 0 Å². The first-order valence-corrected chi connectivity index (χ1v) is 6.73. The fraction of sp³-hybridized carbons (Fsp3) is 0.500. The number of likely N-dealkylation sites (tertiary alicyclic amines) is 1. The van der Waals surface area contributed by atoms with E-state index in [0.717, 1.165) is 12.1 Å². The molecule has 6 heteroatoms. The molecule has 2 saturated heterocycles. The number of hydrogen-bond donors (Lipinski definition) is 0. The van der Waals surface area contributed by atoms with Gasteiger partial charge in [0.25, 0.3) is 0 Å². The lowest BCUT2D eigenvalue weighted by Crippen LogP contribution is -2.41. The SMILES string of the molecule is COCC(=O)N1CC[C@H]2[C@H]1CC(=O)N2c1cccnc1. The molecule has 1 aromatic rings. The standard InChI is InChI=1S/C14H17N3O3/c1-20-9-14(19)16-6-4-11-12(16)7-13(18)17(11)10-3-2-5-15-8-10/h2-3,5,8,11-12H,4,6-7,9H2,1H3/t11-,12+/m0/s1. The van der Waals surface area contributed by atoms with Crippen LogP contribution in [0.5, 0.6) is 0 Å². The minimum atomic E-state index is -0.0409. The minimum Gasteiger partial charge on any atom is -0.375 e. The molecule has 1 aromatic heterocycles. The molecule has 2 atom stereocenters. The lowest BCUT2D eigenvalue weighted by molar-refractivity contribution is -0.136. The Bertz CT molecular complexity index is 520. The van der Waals surface area contributed by atoms with E-state index in [1.54, 1.807) is 22.2 Å². The number of pyridine rings is 1. The monoisotopic (exact) mass is 275 g/mol. The Kier molecular flexibility index (Phi) is 3.40. The van der Waals surface area contributed by atoms with Crippen molar-refractivity contribution in [3.63, 3.8) is 0 Å². The van der Waals surface area contributed by atoms with Gasteiger partial charge in [-0.05, 0) is 18.6 Å². The Morgan fingerprint density at radius 3 is 3.05 bits per heavy atom. The molecule has 0 spiro atoms. The summed E-state index contributed by atoms with van der Waals surface area (Å²) in [6.45, 7) is 0.756. The highest BCUT2D eigenvalue weighted by atomic mass is 16.5. The number of anilines is 1.